The number of hydrogen-bond donors (Lipinski definition) is 1. The predicted octanol–water partition coefficient (Wildman–Crippen LogP) is 3.76. The average molecular weight is 286 g/mol. The Bertz CT molecular complexity index is 416. The molecule has 0 saturated carbocycles. The van der Waals surface area contributed by atoms with Crippen LogP contribution in [0, 0.1) is 0 Å². The van der Waals surface area contributed by atoms with Gasteiger partial charge in [0, 0.05) is 16.3 Å². The molecule has 1 aromatic rings. The molecule has 1 aromatic heterocycles. The second-order valence-electron chi connectivity index (χ2n) is 5.54. The van der Waals surface area contributed by atoms with Crippen LogP contribution in [0.25, 0.3) is 0 Å². The summed E-state index contributed by atoms with van der Waals surface area (Å²) in [4.78, 5) is 14.5. The highest BCUT2D eigenvalue weighted by Crippen LogP contribution is 2.29. The number of carbonyl (C=O) groups is 1. The average Bonchev–Trinajstić information content (AvgIpc) is 2.71. The lowest BCUT2D eigenvalue weighted by Gasteiger charge is -2.24. The Hall–Kier alpha value is -0.540. The fourth-order valence-electron chi connectivity index (χ4n) is 2.27. The molecule has 0 unspecified atom stereocenters. The van der Waals surface area contributed by atoms with E-state index in [1.165, 1.54) is 23.3 Å². The van der Waals surface area contributed by atoms with Crippen molar-refractivity contribution in [2.45, 2.75) is 51.5 Å². The summed E-state index contributed by atoms with van der Waals surface area (Å²) >= 11 is 7.41. The van der Waals surface area contributed by atoms with Crippen molar-refractivity contribution < 1.29 is 4.79 Å². The van der Waals surface area contributed by atoms with Gasteiger partial charge >= 0.3 is 0 Å². The monoisotopic (exact) mass is 285 g/mol. The third kappa shape index (κ3) is 3.27. The van der Waals surface area contributed by atoms with E-state index in [-0.39, 0.29) is 11.4 Å². The van der Waals surface area contributed by atoms with Crippen molar-refractivity contribution in [1.29, 1.82) is 0 Å². The number of aryl methyl sites for hydroxylation is 2. The van der Waals surface area contributed by atoms with Crippen LogP contribution in [-0.4, -0.2) is 17.3 Å². The number of rotatable bonds is 4. The Morgan fingerprint density at radius 1 is 1.44 bits per heavy atom. The van der Waals surface area contributed by atoms with Gasteiger partial charge in [0.15, 0.2) is 0 Å². The maximum absolute atomic E-state index is 12.2. The van der Waals surface area contributed by atoms with E-state index in [4.69, 9.17) is 11.6 Å². The zero-order valence-electron chi connectivity index (χ0n) is 11.0. The predicted molar refractivity (Wildman–Crippen MR) is 77.8 cm³/mol. The molecule has 18 heavy (non-hydrogen) atoms. The standard InChI is InChI=1S/C14H20ClNOS/c1-14(2,7-8-15)16-13(17)12-9-10-5-3-4-6-11(10)18-12/h9H,3-8H2,1-2H3,(H,16,17). The van der Waals surface area contributed by atoms with Crippen LogP contribution in [-0.2, 0) is 12.8 Å². The van der Waals surface area contributed by atoms with Crippen LogP contribution in [0.1, 0.15) is 53.2 Å². The third-order valence-corrected chi connectivity index (χ3v) is 4.82. The van der Waals surface area contributed by atoms with Gasteiger partial charge in [-0.25, -0.2) is 0 Å². The molecule has 0 fully saturated rings. The van der Waals surface area contributed by atoms with Crippen molar-refractivity contribution >= 4 is 28.8 Å². The molecule has 1 heterocycles. The first-order valence-corrected chi connectivity index (χ1v) is 7.87. The largest absolute Gasteiger partial charge is 0.346 e. The number of halogens is 1. The van der Waals surface area contributed by atoms with Crippen molar-refractivity contribution in [3.05, 3.63) is 21.4 Å². The molecule has 0 saturated heterocycles. The van der Waals surface area contributed by atoms with Crippen molar-refractivity contribution in [3.8, 4) is 0 Å². The molecule has 1 amide bonds. The van der Waals surface area contributed by atoms with Gasteiger partial charge < -0.3 is 5.32 Å². The van der Waals surface area contributed by atoms with Gasteiger partial charge in [0.2, 0.25) is 0 Å². The van der Waals surface area contributed by atoms with E-state index in [2.05, 4.69) is 11.4 Å². The fraction of sp³-hybridized carbons (Fsp3) is 0.643. The van der Waals surface area contributed by atoms with E-state index in [0.717, 1.165) is 24.1 Å². The van der Waals surface area contributed by atoms with Gasteiger partial charge in [-0.15, -0.1) is 22.9 Å². The molecule has 0 radical (unpaired) electrons. The van der Waals surface area contributed by atoms with E-state index in [0.29, 0.717) is 5.88 Å². The van der Waals surface area contributed by atoms with Crippen molar-refractivity contribution in [1.82, 2.24) is 5.32 Å². The minimum atomic E-state index is -0.233. The highest BCUT2D eigenvalue weighted by molar-refractivity contribution is 7.14. The van der Waals surface area contributed by atoms with E-state index in [9.17, 15) is 4.79 Å². The number of hydrogen-bond acceptors (Lipinski definition) is 2. The van der Waals surface area contributed by atoms with Crippen LogP contribution in [0.5, 0.6) is 0 Å². The summed E-state index contributed by atoms with van der Waals surface area (Å²) in [5.41, 5.74) is 1.15. The van der Waals surface area contributed by atoms with E-state index < -0.39 is 0 Å². The van der Waals surface area contributed by atoms with Crippen LogP contribution < -0.4 is 5.32 Å². The summed E-state index contributed by atoms with van der Waals surface area (Å²) in [7, 11) is 0. The lowest BCUT2D eigenvalue weighted by atomic mass is 9.99. The first-order valence-electron chi connectivity index (χ1n) is 6.52. The van der Waals surface area contributed by atoms with Gasteiger partial charge in [-0.05, 0) is 57.6 Å². The fourth-order valence-corrected chi connectivity index (χ4v) is 3.89. The molecule has 1 aliphatic carbocycles. The van der Waals surface area contributed by atoms with Crippen molar-refractivity contribution in [2.24, 2.45) is 0 Å². The normalized spacial score (nSPS) is 15.3. The number of alkyl halides is 1. The zero-order valence-corrected chi connectivity index (χ0v) is 12.6. The topological polar surface area (TPSA) is 29.1 Å². The highest BCUT2D eigenvalue weighted by atomic mass is 35.5. The summed E-state index contributed by atoms with van der Waals surface area (Å²) in [5.74, 6) is 0.610. The van der Waals surface area contributed by atoms with Crippen LogP contribution in [0.3, 0.4) is 0 Å². The molecule has 2 rings (SSSR count). The number of fused-ring (bicyclic) bond motifs is 1. The van der Waals surface area contributed by atoms with Crippen molar-refractivity contribution in [3.63, 3.8) is 0 Å². The first kappa shape index (κ1) is 13.9. The smallest absolute Gasteiger partial charge is 0.261 e. The molecule has 0 bridgehead atoms. The first-order chi connectivity index (χ1) is 8.52. The minimum absolute atomic E-state index is 0.0458. The Morgan fingerprint density at radius 3 is 2.83 bits per heavy atom. The SMILES string of the molecule is CC(C)(CCCl)NC(=O)c1cc2c(s1)CCCC2. The molecular weight excluding hydrogens is 266 g/mol. The van der Waals surface area contributed by atoms with Crippen molar-refractivity contribution in [2.75, 3.05) is 5.88 Å². The molecule has 0 atom stereocenters. The zero-order chi connectivity index (χ0) is 13.2. The minimum Gasteiger partial charge on any atom is -0.346 e. The molecule has 4 heteroatoms. The van der Waals surface area contributed by atoms with E-state index in [1.807, 2.05) is 13.8 Å². The van der Waals surface area contributed by atoms with E-state index in [1.54, 1.807) is 11.3 Å². The van der Waals surface area contributed by atoms with Gasteiger partial charge in [0.1, 0.15) is 0 Å². The van der Waals surface area contributed by atoms with Gasteiger partial charge in [-0.2, -0.15) is 0 Å². The molecule has 2 nitrogen and oxygen atoms in total. The molecule has 100 valence electrons. The lowest BCUT2D eigenvalue weighted by molar-refractivity contribution is 0.0916. The molecule has 1 N–H and O–H groups in total. The van der Waals surface area contributed by atoms with E-state index >= 15 is 0 Å². The van der Waals surface area contributed by atoms with Gasteiger partial charge in [-0.1, -0.05) is 0 Å². The quantitative estimate of drug-likeness (QED) is 0.839. The molecular formula is C14H20ClNOS. The molecule has 0 aliphatic heterocycles. The summed E-state index contributed by atoms with van der Waals surface area (Å²) in [6.45, 7) is 4.03. The second kappa shape index (κ2) is 5.62. The van der Waals surface area contributed by atoms with Crippen LogP contribution in [0.4, 0.5) is 0 Å². The maximum atomic E-state index is 12.2. The second-order valence-corrected chi connectivity index (χ2v) is 7.06. The number of nitrogens with one attached hydrogen (secondary N) is 1. The summed E-state index contributed by atoms with van der Waals surface area (Å²) in [6.07, 6.45) is 5.56. The van der Waals surface area contributed by atoms with Gasteiger partial charge in [0.05, 0.1) is 4.88 Å². The lowest BCUT2D eigenvalue weighted by Crippen LogP contribution is -2.43. The Morgan fingerprint density at radius 2 is 2.17 bits per heavy atom. The summed E-state index contributed by atoms with van der Waals surface area (Å²) in [6, 6.07) is 2.07. The molecule has 0 spiro atoms. The summed E-state index contributed by atoms with van der Waals surface area (Å²) in [5, 5.41) is 3.07. The number of thiophene rings is 1. The highest BCUT2D eigenvalue weighted by Gasteiger charge is 2.23. The molecule has 0 aromatic carbocycles. The Balaban J connectivity index is 2.07. The summed E-state index contributed by atoms with van der Waals surface area (Å²) < 4.78 is 0. The van der Waals surface area contributed by atoms with Crippen LogP contribution >= 0.6 is 22.9 Å². The third-order valence-electron chi connectivity index (χ3n) is 3.39. The Labute approximate surface area is 118 Å². The number of carbonyl (C=O) groups excluding carboxylic acids is 1. The van der Waals surface area contributed by atoms with Gasteiger partial charge in [0.25, 0.3) is 5.91 Å². The van der Waals surface area contributed by atoms with Crippen LogP contribution in [0.15, 0.2) is 6.07 Å². The number of amides is 1. The maximum Gasteiger partial charge on any atom is 0.261 e. The Kier molecular flexibility index (Phi) is 4.33. The molecule has 1 aliphatic rings. The van der Waals surface area contributed by atoms with Crippen LogP contribution in [0.2, 0.25) is 0 Å². The van der Waals surface area contributed by atoms with Gasteiger partial charge in [-0.3, -0.25) is 4.79 Å².